The quantitative estimate of drug-likeness (QED) is 0.813. The summed E-state index contributed by atoms with van der Waals surface area (Å²) in [5.74, 6) is 1.32. The van der Waals surface area contributed by atoms with Crippen LogP contribution >= 0.6 is 0 Å². The summed E-state index contributed by atoms with van der Waals surface area (Å²) in [5, 5.41) is 0. The van der Waals surface area contributed by atoms with Gasteiger partial charge in [-0.3, -0.25) is 4.79 Å². The van der Waals surface area contributed by atoms with Gasteiger partial charge in [0.05, 0.1) is 12.7 Å². The second kappa shape index (κ2) is 6.16. The van der Waals surface area contributed by atoms with Gasteiger partial charge in [0.1, 0.15) is 5.75 Å². The normalized spacial score (nSPS) is 14.4. The Morgan fingerprint density at radius 3 is 2.65 bits per heavy atom. The van der Waals surface area contributed by atoms with Crippen LogP contribution < -0.4 is 10.5 Å². The Bertz CT molecular complexity index is 481. The van der Waals surface area contributed by atoms with Gasteiger partial charge in [-0.1, -0.05) is 13.8 Å². The van der Waals surface area contributed by atoms with Gasteiger partial charge in [0.15, 0.2) is 0 Å². The van der Waals surface area contributed by atoms with Gasteiger partial charge in [0, 0.05) is 24.3 Å². The van der Waals surface area contributed by atoms with Crippen LogP contribution in [0.1, 0.15) is 43.5 Å². The molecule has 1 amide bonds. The van der Waals surface area contributed by atoms with Gasteiger partial charge in [0.25, 0.3) is 5.91 Å². The number of benzene rings is 1. The predicted octanol–water partition coefficient (Wildman–Crippen LogP) is 2.93. The number of rotatable bonds is 6. The van der Waals surface area contributed by atoms with Crippen molar-refractivity contribution in [1.82, 2.24) is 4.90 Å². The van der Waals surface area contributed by atoms with Crippen molar-refractivity contribution >= 4 is 11.6 Å². The smallest absolute Gasteiger partial charge is 0.256 e. The van der Waals surface area contributed by atoms with E-state index < -0.39 is 0 Å². The van der Waals surface area contributed by atoms with Crippen LogP contribution in [-0.2, 0) is 0 Å². The van der Waals surface area contributed by atoms with E-state index in [1.165, 1.54) is 0 Å². The maximum absolute atomic E-state index is 12.7. The molecule has 0 radical (unpaired) electrons. The van der Waals surface area contributed by atoms with Crippen LogP contribution in [0, 0.1) is 5.92 Å². The molecule has 0 bridgehead atoms. The van der Waals surface area contributed by atoms with Gasteiger partial charge >= 0.3 is 0 Å². The van der Waals surface area contributed by atoms with Crippen LogP contribution in [0.3, 0.4) is 0 Å². The maximum Gasteiger partial charge on any atom is 0.256 e. The fourth-order valence-electron chi connectivity index (χ4n) is 2.25. The number of amides is 1. The lowest BCUT2D eigenvalue weighted by atomic mass is 10.1. The summed E-state index contributed by atoms with van der Waals surface area (Å²) in [6.45, 7) is 5.17. The molecular formula is C16H24N2O2. The molecule has 4 heteroatoms. The highest BCUT2D eigenvalue weighted by Crippen LogP contribution is 2.30. The molecule has 110 valence electrons. The number of nitrogens with zero attached hydrogens (tertiary/aromatic N) is 1. The van der Waals surface area contributed by atoms with E-state index in [1.807, 2.05) is 4.90 Å². The van der Waals surface area contributed by atoms with Crippen molar-refractivity contribution in [2.75, 3.05) is 19.4 Å². The highest BCUT2D eigenvalue weighted by Gasteiger charge is 2.33. The Kier molecular flexibility index (Phi) is 4.53. The molecule has 1 saturated carbocycles. The summed E-state index contributed by atoms with van der Waals surface area (Å²) < 4.78 is 5.12. The Hall–Kier alpha value is -1.71. The number of nitrogen functional groups attached to an aromatic ring is 1. The van der Waals surface area contributed by atoms with Crippen LogP contribution in [0.25, 0.3) is 0 Å². The van der Waals surface area contributed by atoms with Gasteiger partial charge in [-0.2, -0.15) is 0 Å². The molecule has 0 atom stereocenters. The van der Waals surface area contributed by atoms with Crippen LogP contribution in [-0.4, -0.2) is 30.5 Å². The molecule has 4 nitrogen and oxygen atoms in total. The molecule has 1 aliphatic rings. The molecule has 1 aromatic rings. The topological polar surface area (TPSA) is 55.6 Å². The largest absolute Gasteiger partial charge is 0.497 e. The summed E-state index contributed by atoms with van der Waals surface area (Å²) in [7, 11) is 1.59. The summed E-state index contributed by atoms with van der Waals surface area (Å²) in [4.78, 5) is 14.6. The molecule has 0 saturated heterocycles. The average Bonchev–Trinajstić information content (AvgIpc) is 3.22. The van der Waals surface area contributed by atoms with Crippen LogP contribution in [0.15, 0.2) is 18.2 Å². The number of hydrogen-bond acceptors (Lipinski definition) is 3. The minimum atomic E-state index is 0.0494. The molecule has 0 heterocycles. The van der Waals surface area contributed by atoms with Crippen molar-refractivity contribution in [3.8, 4) is 5.75 Å². The molecule has 20 heavy (non-hydrogen) atoms. The minimum Gasteiger partial charge on any atom is -0.497 e. The number of ether oxygens (including phenoxy) is 1. The standard InChI is InChI=1S/C16H24N2O2/c1-11(2)8-9-18(12-4-5-12)16(19)14-7-6-13(20-3)10-15(14)17/h6-7,10-12H,4-5,8-9,17H2,1-3H3. The lowest BCUT2D eigenvalue weighted by Gasteiger charge is -2.24. The first kappa shape index (κ1) is 14.7. The molecule has 2 N–H and O–H groups in total. The van der Waals surface area contributed by atoms with E-state index in [4.69, 9.17) is 10.5 Å². The zero-order valence-electron chi connectivity index (χ0n) is 12.6. The predicted molar refractivity (Wildman–Crippen MR) is 80.9 cm³/mol. The van der Waals surface area contributed by atoms with E-state index in [-0.39, 0.29) is 5.91 Å². The van der Waals surface area contributed by atoms with Crippen molar-refractivity contribution in [2.24, 2.45) is 5.92 Å². The lowest BCUT2D eigenvalue weighted by molar-refractivity contribution is 0.0736. The van der Waals surface area contributed by atoms with Crippen molar-refractivity contribution in [2.45, 2.75) is 39.2 Å². The zero-order chi connectivity index (χ0) is 14.7. The molecule has 1 aliphatic carbocycles. The number of methoxy groups -OCH3 is 1. The molecule has 0 aromatic heterocycles. The second-order valence-electron chi connectivity index (χ2n) is 5.87. The van der Waals surface area contributed by atoms with Crippen molar-refractivity contribution < 1.29 is 9.53 Å². The fourth-order valence-corrected chi connectivity index (χ4v) is 2.25. The first-order valence-corrected chi connectivity index (χ1v) is 7.27. The number of anilines is 1. The summed E-state index contributed by atoms with van der Waals surface area (Å²) in [5.41, 5.74) is 7.06. The summed E-state index contributed by atoms with van der Waals surface area (Å²) >= 11 is 0. The first-order chi connectivity index (χ1) is 9.52. The fraction of sp³-hybridized carbons (Fsp3) is 0.562. The Labute approximate surface area is 120 Å². The van der Waals surface area contributed by atoms with Gasteiger partial charge < -0.3 is 15.4 Å². The van der Waals surface area contributed by atoms with Crippen molar-refractivity contribution in [3.05, 3.63) is 23.8 Å². The van der Waals surface area contributed by atoms with Crippen molar-refractivity contribution in [3.63, 3.8) is 0 Å². The van der Waals surface area contributed by atoms with E-state index >= 15 is 0 Å². The molecular weight excluding hydrogens is 252 g/mol. The van der Waals surface area contributed by atoms with Gasteiger partial charge in [-0.25, -0.2) is 0 Å². The maximum atomic E-state index is 12.7. The third kappa shape index (κ3) is 3.44. The zero-order valence-corrected chi connectivity index (χ0v) is 12.6. The summed E-state index contributed by atoms with van der Waals surface area (Å²) in [6.07, 6.45) is 3.25. The highest BCUT2D eigenvalue weighted by atomic mass is 16.5. The second-order valence-corrected chi connectivity index (χ2v) is 5.87. The van der Waals surface area contributed by atoms with Gasteiger partial charge in [-0.15, -0.1) is 0 Å². The van der Waals surface area contributed by atoms with Crippen LogP contribution in [0.2, 0.25) is 0 Å². The molecule has 1 aromatic carbocycles. The van der Waals surface area contributed by atoms with Gasteiger partial charge in [0.2, 0.25) is 0 Å². The van der Waals surface area contributed by atoms with Crippen LogP contribution in [0.4, 0.5) is 5.69 Å². The number of carbonyl (C=O) groups excluding carboxylic acids is 1. The molecule has 0 unspecified atom stereocenters. The van der Waals surface area contributed by atoms with E-state index in [2.05, 4.69) is 13.8 Å². The highest BCUT2D eigenvalue weighted by molar-refractivity contribution is 5.99. The lowest BCUT2D eigenvalue weighted by Crippen LogP contribution is -2.35. The molecule has 2 rings (SSSR count). The van der Waals surface area contributed by atoms with Crippen molar-refractivity contribution in [1.29, 1.82) is 0 Å². The SMILES string of the molecule is COc1ccc(C(=O)N(CCC(C)C)C2CC2)c(N)c1. The first-order valence-electron chi connectivity index (χ1n) is 7.27. The molecule has 0 spiro atoms. The third-order valence-corrected chi connectivity index (χ3v) is 3.69. The van der Waals surface area contributed by atoms with E-state index in [0.717, 1.165) is 25.8 Å². The average molecular weight is 276 g/mol. The third-order valence-electron chi connectivity index (χ3n) is 3.69. The molecule has 0 aliphatic heterocycles. The molecule has 1 fully saturated rings. The van der Waals surface area contributed by atoms with E-state index in [9.17, 15) is 4.79 Å². The number of hydrogen-bond donors (Lipinski definition) is 1. The number of carbonyl (C=O) groups is 1. The Morgan fingerprint density at radius 2 is 2.15 bits per heavy atom. The number of nitrogens with two attached hydrogens (primary N) is 1. The van der Waals surface area contributed by atoms with Gasteiger partial charge in [-0.05, 0) is 37.3 Å². The summed E-state index contributed by atoms with van der Waals surface area (Å²) in [6, 6.07) is 5.67. The van der Waals surface area contributed by atoms with E-state index in [1.54, 1.807) is 25.3 Å². The Morgan fingerprint density at radius 1 is 1.45 bits per heavy atom. The minimum absolute atomic E-state index is 0.0494. The Balaban J connectivity index is 2.14. The van der Waals surface area contributed by atoms with Crippen LogP contribution in [0.5, 0.6) is 5.75 Å². The van der Waals surface area contributed by atoms with E-state index in [0.29, 0.717) is 29.0 Å². The monoisotopic (exact) mass is 276 g/mol.